The van der Waals surface area contributed by atoms with Crippen molar-refractivity contribution >= 4 is 5.78 Å². The highest BCUT2D eigenvalue weighted by Gasteiger charge is 2.22. The second kappa shape index (κ2) is 2.21. The van der Waals surface area contributed by atoms with Gasteiger partial charge in [0.1, 0.15) is 5.75 Å². The number of allylic oxidation sites excluding steroid dienone is 1. The Balaban J connectivity index is 2.62. The first-order valence-corrected chi connectivity index (χ1v) is 3.73. The summed E-state index contributed by atoms with van der Waals surface area (Å²) >= 11 is 0. The lowest BCUT2D eigenvalue weighted by Gasteiger charge is -1.95. The molecule has 12 heavy (non-hydrogen) atoms. The number of rotatable bonds is 0. The van der Waals surface area contributed by atoms with E-state index < -0.39 is 0 Å². The number of hydrogen-bond donors (Lipinski definition) is 1. The molecular formula is C10H8O2. The summed E-state index contributed by atoms with van der Waals surface area (Å²) in [5.41, 5.74) is 2.17. The number of benzene rings is 1. The van der Waals surface area contributed by atoms with Crippen LogP contribution in [0.4, 0.5) is 0 Å². The van der Waals surface area contributed by atoms with Crippen molar-refractivity contribution in [1.29, 1.82) is 0 Å². The van der Waals surface area contributed by atoms with E-state index >= 15 is 0 Å². The lowest BCUT2D eigenvalue weighted by atomic mass is 10.1. The van der Waals surface area contributed by atoms with Crippen LogP contribution in [0.25, 0.3) is 0 Å². The summed E-state index contributed by atoms with van der Waals surface area (Å²) < 4.78 is 0. The van der Waals surface area contributed by atoms with Gasteiger partial charge in [0.25, 0.3) is 0 Å². The summed E-state index contributed by atoms with van der Waals surface area (Å²) in [6.07, 6.45) is 0.572. The maximum absolute atomic E-state index is 11.3. The maximum atomic E-state index is 11.3. The highest BCUT2D eigenvalue weighted by molar-refractivity contribution is 6.12. The molecule has 1 aliphatic rings. The van der Waals surface area contributed by atoms with E-state index in [1.807, 2.05) is 0 Å². The summed E-state index contributed by atoms with van der Waals surface area (Å²) in [6.45, 7) is 3.65. The number of phenolic OH excluding ortho intramolecular Hbond substituents is 1. The van der Waals surface area contributed by atoms with Gasteiger partial charge in [0.2, 0.25) is 0 Å². The van der Waals surface area contributed by atoms with Gasteiger partial charge in [0, 0.05) is 12.0 Å². The molecule has 60 valence electrons. The molecule has 0 bridgehead atoms. The standard InChI is InChI=1S/C10H8O2/c1-6-4-7-5-8(11)2-3-9(7)10(6)12/h2-3,5,11H,1,4H2. The van der Waals surface area contributed by atoms with E-state index in [4.69, 9.17) is 5.11 Å². The van der Waals surface area contributed by atoms with Crippen LogP contribution in [-0.4, -0.2) is 10.9 Å². The van der Waals surface area contributed by atoms with Crippen LogP contribution in [0.5, 0.6) is 5.75 Å². The van der Waals surface area contributed by atoms with Crippen LogP contribution in [0.2, 0.25) is 0 Å². The molecule has 0 fully saturated rings. The fourth-order valence-electron chi connectivity index (χ4n) is 1.45. The Morgan fingerprint density at radius 1 is 1.42 bits per heavy atom. The molecule has 2 nitrogen and oxygen atoms in total. The van der Waals surface area contributed by atoms with Gasteiger partial charge in [-0.25, -0.2) is 0 Å². The third-order valence-corrected chi connectivity index (χ3v) is 2.06. The van der Waals surface area contributed by atoms with Gasteiger partial charge in [0.05, 0.1) is 0 Å². The zero-order valence-corrected chi connectivity index (χ0v) is 6.50. The van der Waals surface area contributed by atoms with Crippen LogP contribution in [0, 0.1) is 0 Å². The molecular weight excluding hydrogens is 152 g/mol. The Labute approximate surface area is 70.2 Å². The molecule has 0 spiro atoms. The monoisotopic (exact) mass is 160 g/mol. The van der Waals surface area contributed by atoms with Crippen LogP contribution >= 0.6 is 0 Å². The lowest BCUT2D eigenvalue weighted by molar-refractivity contribution is 0.104. The second-order valence-electron chi connectivity index (χ2n) is 2.95. The molecule has 0 aliphatic heterocycles. The van der Waals surface area contributed by atoms with E-state index in [-0.39, 0.29) is 11.5 Å². The van der Waals surface area contributed by atoms with Crippen LogP contribution < -0.4 is 0 Å². The minimum Gasteiger partial charge on any atom is -0.508 e. The minimum atomic E-state index is 0.00463. The number of carbonyl (C=O) groups excluding carboxylic acids is 1. The molecule has 1 N–H and O–H groups in total. The third-order valence-electron chi connectivity index (χ3n) is 2.06. The van der Waals surface area contributed by atoms with Crippen LogP contribution in [-0.2, 0) is 6.42 Å². The highest BCUT2D eigenvalue weighted by Crippen LogP contribution is 2.27. The first-order chi connectivity index (χ1) is 5.68. The van der Waals surface area contributed by atoms with Gasteiger partial charge in [-0.05, 0) is 29.3 Å². The average Bonchev–Trinajstić information content (AvgIpc) is 2.28. The summed E-state index contributed by atoms with van der Waals surface area (Å²) in [6, 6.07) is 4.78. The quantitative estimate of drug-likeness (QED) is 0.586. The zero-order valence-electron chi connectivity index (χ0n) is 6.50. The summed E-state index contributed by atoms with van der Waals surface area (Å²) in [5.74, 6) is 0.209. The Hall–Kier alpha value is -1.57. The van der Waals surface area contributed by atoms with E-state index in [0.717, 1.165) is 5.56 Å². The molecule has 1 aromatic rings. The van der Waals surface area contributed by atoms with E-state index in [1.54, 1.807) is 12.1 Å². The van der Waals surface area contributed by atoms with E-state index in [1.165, 1.54) is 6.07 Å². The van der Waals surface area contributed by atoms with Crippen molar-refractivity contribution in [3.63, 3.8) is 0 Å². The molecule has 1 aliphatic carbocycles. The molecule has 0 aromatic heterocycles. The molecule has 0 heterocycles. The fourth-order valence-corrected chi connectivity index (χ4v) is 1.45. The summed E-state index contributed by atoms with van der Waals surface area (Å²) in [4.78, 5) is 11.3. The molecule has 0 saturated heterocycles. The molecule has 0 atom stereocenters. The first-order valence-electron chi connectivity index (χ1n) is 3.73. The average molecular weight is 160 g/mol. The Bertz CT molecular complexity index is 377. The smallest absolute Gasteiger partial charge is 0.189 e. The molecule has 0 saturated carbocycles. The van der Waals surface area contributed by atoms with Crippen molar-refractivity contribution in [1.82, 2.24) is 0 Å². The van der Waals surface area contributed by atoms with Gasteiger partial charge < -0.3 is 5.11 Å². The molecule has 0 amide bonds. The Kier molecular flexibility index (Phi) is 1.30. The van der Waals surface area contributed by atoms with Gasteiger partial charge in [0.15, 0.2) is 5.78 Å². The number of aromatic hydroxyl groups is 1. The van der Waals surface area contributed by atoms with Crippen molar-refractivity contribution < 1.29 is 9.90 Å². The summed E-state index contributed by atoms with van der Waals surface area (Å²) in [5, 5.41) is 9.13. The molecule has 2 heteroatoms. The number of Topliss-reactive ketones (excluding diaryl/α,β-unsaturated/α-hetero) is 1. The van der Waals surface area contributed by atoms with Crippen molar-refractivity contribution in [2.24, 2.45) is 0 Å². The number of hydrogen-bond acceptors (Lipinski definition) is 2. The second-order valence-corrected chi connectivity index (χ2v) is 2.95. The van der Waals surface area contributed by atoms with Gasteiger partial charge in [-0.3, -0.25) is 4.79 Å². The van der Waals surface area contributed by atoms with Crippen molar-refractivity contribution in [3.8, 4) is 5.75 Å². The molecule has 1 aromatic carbocycles. The van der Waals surface area contributed by atoms with Gasteiger partial charge >= 0.3 is 0 Å². The van der Waals surface area contributed by atoms with Gasteiger partial charge in [-0.1, -0.05) is 6.58 Å². The maximum Gasteiger partial charge on any atom is 0.189 e. The van der Waals surface area contributed by atoms with Gasteiger partial charge in [-0.2, -0.15) is 0 Å². The number of carbonyl (C=O) groups is 1. The van der Waals surface area contributed by atoms with Crippen molar-refractivity contribution in [3.05, 3.63) is 41.5 Å². The minimum absolute atomic E-state index is 0.00463. The zero-order chi connectivity index (χ0) is 8.72. The largest absolute Gasteiger partial charge is 0.508 e. The van der Waals surface area contributed by atoms with Crippen molar-refractivity contribution in [2.45, 2.75) is 6.42 Å². The van der Waals surface area contributed by atoms with Crippen LogP contribution in [0.15, 0.2) is 30.4 Å². The van der Waals surface area contributed by atoms with Crippen LogP contribution in [0.1, 0.15) is 15.9 Å². The van der Waals surface area contributed by atoms with E-state index in [9.17, 15) is 4.79 Å². The molecule has 0 radical (unpaired) electrons. The normalized spacial score (nSPS) is 15.0. The lowest BCUT2D eigenvalue weighted by Crippen LogP contribution is -1.92. The van der Waals surface area contributed by atoms with E-state index in [0.29, 0.717) is 17.6 Å². The predicted molar refractivity (Wildman–Crippen MR) is 45.3 cm³/mol. The van der Waals surface area contributed by atoms with Crippen LogP contribution in [0.3, 0.4) is 0 Å². The van der Waals surface area contributed by atoms with Gasteiger partial charge in [-0.15, -0.1) is 0 Å². The number of phenols is 1. The van der Waals surface area contributed by atoms with Crippen molar-refractivity contribution in [2.75, 3.05) is 0 Å². The predicted octanol–water partition coefficient (Wildman–Crippen LogP) is 1.69. The topological polar surface area (TPSA) is 37.3 Å². The fraction of sp³-hybridized carbons (Fsp3) is 0.100. The Morgan fingerprint density at radius 2 is 2.17 bits per heavy atom. The molecule has 0 unspecified atom stereocenters. The number of ketones is 1. The first kappa shape index (κ1) is 7.10. The molecule has 2 rings (SSSR count). The summed E-state index contributed by atoms with van der Waals surface area (Å²) in [7, 11) is 0. The third kappa shape index (κ3) is 0.848. The SMILES string of the molecule is C=C1Cc2cc(O)ccc2C1=O. The number of fused-ring (bicyclic) bond motifs is 1. The highest BCUT2D eigenvalue weighted by atomic mass is 16.3. The Morgan fingerprint density at radius 3 is 2.92 bits per heavy atom. The van der Waals surface area contributed by atoms with E-state index in [2.05, 4.69) is 6.58 Å².